The molecule has 0 radical (unpaired) electrons. The van der Waals surface area contributed by atoms with Crippen LogP contribution in [0.15, 0.2) is 12.1 Å². The first kappa shape index (κ1) is 15.9. The van der Waals surface area contributed by atoms with Gasteiger partial charge in [0.2, 0.25) is 6.79 Å². The van der Waals surface area contributed by atoms with Gasteiger partial charge in [0.15, 0.2) is 11.5 Å². The van der Waals surface area contributed by atoms with Crippen LogP contribution in [0, 0.1) is 0 Å². The highest BCUT2D eigenvalue weighted by Gasteiger charge is 2.18. The average molecular weight is 315 g/mol. The maximum Gasteiger partial charge on any atom is 0.231 e. The van der Waals surface area contributed by atoms with Crippen molar-refractivity contribution in [2.75, 3.05) is 31.5 Å². The summed E-state index contributed by atoms with van der Waals surface area (Å²) in [4.78, 5) is 0. The molecule has 21 heavy (non-hydrogen) atoms. The number of ether oxygens (including phenoxy) is 3. The Morgan fingerprint density at radius 2 is 2.00 bits per heavy atom. The van der Waals surface area contributed by atoms with Gasteiger partial charge in [0.25, 0.3) is 0 Å². The van der Waals surface area contributed by atoms with E-state index in [4.69, 9.17) is 19.9 Å². The number of rotatable bonds is 8. The molecule has 1 aliphatic rings. The largest absolute Gasteiger partial charge is 0.493 e. The van der Waals surface area contributed by atoms with Crippen molar-refractivity contribution in [3.63, 3.8) is 0 Å². The number of hydrogen-bond acceptors (Lipinski definition) is 6. The van der Waals surface area contributed by atoms with Crippen LogP contribution in [-0.2, 0) is 16.3 Å². The lowest BCUT2D eigenvalue weighted by atomic mass is 10.1. The summed E-state index contributed by atoms with van der Waals surface area (Å²) in [7, 11) is -2.95. The summed E-state index contributed by atoms with van der Waals surface area (Å²) < 4.78 is 39.2. The molecule has 0 spiro atoms. The van der Waals surface area contributed by atoms with E-state index in [1.807, 2.05) is 6.07 Å². The third kappa shape index (κ3) is 4.25. The van der Waals surface area contributed by atoms with E-state index in [0.29, 0.717) is 43.2 Å². The van der Waals surface area contributed by atoms with Crippen molar-refractivity contribution in [1.82, 2.24) is 0 Å². The number of hydrogen-bond donors (Lipinski definition) is 1. The predicted molar refractivity (Wildman–Crippen MR) is 79.8 cm³/mol. The molecule has 1 aromatic carbocycles. The Balaban J connectivity index is 1.98. The Morgan fingerprint density at radius 3 is 2.67 bits per heavy atom. The van der Waals surface area contributed by atoms with Gasteiger partial charge in [0.1, 0.15) is 15.6 Å². The minimum atomic E-state index is -2.95. The van der Waals surface area contributed by atoms with Crippen molar-refractivity contribution in [3.05, 3.63) is 17.7 Å². The van der Waals surface area contributed by atoms with E-state index in [1.165, 1.54) is 0 Å². The predicted octanol–water partition coefficient (Wildman–Crippen LogP) is 1.12. The van der Waals surface area contributed by atoms with Gasteiger partial charge in [-0.05, 0) is 31.0 Å². The molecule has 6 nitrogen and oxygen atoms in total. The zero-order chi connectivity index (χ0) is 15.3. The van der Waals surface area contributed by atoms with Gasteiger partial charge in [-0.3, -0.25) is 0 Å². The Bertz CT molecular complexity index is 585. The summed E-state index contributed by atoms with van der Waals surface area (Å²) in [5.41, 5.74) is 6.54. The standard InChI is InChI=1S/C14H21NO5S/c1-2-21(16,17)7-3-6-18-12-9-14-13(19-10-20-14)8-11(12)4-5-15/h8-9H,2-7,10,15H2,1H3. The molecule has 0 fully saturated rings. The zero-order valence-corrected chi connectivity index (χ0v) is 12.9. The SMILES string of the molecule is CCS(=O)(=O)CCCOc1cc2c(cc1CCN)OCO2. The van der Waals surface area contributed by atoms with Crippen LogP contribution in [-0.4, -0.2) is 39.9 Å². The first-order chi connectivity index (χ1) is 10.1. The molecule has 0 saturated carbocycles. The van der Waals surface area contributed by atoms with Gasteiger partial charge >= 0.3 is 0 Å². The van der Waals surface area contributed by atoms with Crippen molar-refractivity contribution < 1.29 is 22.6 Å². The van der Waals surface area contributed by atoms with Crippen LogP contribution < -0.4 is 19.9 Å². The van der Waals surface area contributed by atoms with E-state index in [-0.39, 0.29) is 18.3 Å². The molecule has 2 rings (SSSR count). The molecule has 0 aromatic heterocycles. The molecular weight excluding hydrogens is 294 g/mol. The summed E-state index contributed by atoms with van der Waals surface area (Å²) in [6.07, 6.45) is 1.13. The van der Waals surface area contributed by atoms with Gasteiger partial charge in [0.05, 0.1) is 12.4 Å². The van der Waals surface area contributed by atoms with Crippen LogP contribution in [0.5, 0.6) is 17.2 Å². The molecule has 0 saturated heterocycles. The molecular formula is C14H21NO5S. The van der Waals surface area contributed by atoms with Crippen molar-refractivity contribution in [2.24, 2.45) is 5.73 Å². The van der Waals surface area contributed by atoms with Gasteiger partial charge in [0, 0.05) is 11.8 Å². The van der Waals surface area contributed by atoms with Gasteiger partial charge in [-0.2, -0.15) is 0 Å². The van der Waals surface area contributed by atoms with Crippen LogP contribution in [0.1, 0.15) is 18.9 Å². The average Bonchev–Trinajstić information content (AvgIpc) is 2.91. The quantitative estimate of drug-likeness (QED) is 0.723. The maximum atomic E-state index is 11.4. The maximum absolute atomic E-state index is 11.4. The fourth-order valence-corrected chi connectivity index (χ4v) is 2.90. The summed E-state index contributed by atoms with van der Waals surface area (Å²) in [5, 5.41) is 0. The smallest absolute Gasteiger partial charge is 0.231 e. The number of sulfone groups is 1. The molecule has 0 atom stereocenters. The zero-order valence-electron chi connectivity index (χ0n) is 12.1. The summed E-state index contributed by atoms with van der Waals surface area (Å²) in [6, 6.07) is 3.65. The Kier molecular flexibility index (Phi) is 5.30. The third-order valence-corrected chi connectivity index (χ3v) is 5.06. The monoisotopic (exact) mass is 315 g/mol. The minimum Gasteiger partial charge on any atom is -0.493 e. The van der Waals surface area contributed by atoms with E-state index in [2.05, 4.69) is 0 Å². The first-order valence-corrected chi connectivity index (χ1v) is 8.83. The van der Waals surface area contributed by atoms with E-state index in [9.17, 15) is 8.42 Å². The van der Waals surface area contributed by atoms with E-state index in [0.717, 1.165) is 5.56 Å². The molecule has 7 heteroatoms. The molecule has 1 aromatic rings. The normalized spacial score (nSPS) is 13.4. The highest BCUT2D eigenvalue weighted by Crippen LogP contribution is 2.38. The van der Waals surface area contributed by atoms with Gasteiger partial charge < -0.3 is 19.9 Å². The lowest BCUT2D eigenvalue weighted by molar-refractivity contribution is 0.173. The van der Waals surface area contributed by atoms with Crippen molar-refractivity contribution in [3.8, 4) is 17.2 Å². The Hall–Kier alpha value is -1.47. The van der Waals surface area contributed by atoms with Crippen LogP contribution >= 0.6 is 0 Å². The Labute approximate surface area is 125 Å². The topological polar surface area (TPSA) is 87.9 Å². The molecule has 118 valence electrons. The van der Waals surface area contributed by atoms with Crippen molar-refractivity contribution in [2.45, 2.75) is 19.8 Å². The second-order valence-corrected chi connectivity index (χ2v) is 7.26. The lowest BCUT2D eigenvalue weighted by Gasteiger charge is -2.12. The van der Waals surface area contributed by atoms with Gasteiger partial charge in [-0.15, -0.1) is 0 Å². The van der Waals surface area contributed by atoms with Crippen molar-refractivity contribution >= 4 is 9.84 Å². The molecule has 1 heterocycles. The second-order valence-electron chi connectivity index (χ2n) is 4.79. The third-order valence-electron chi connectivity index (χ3n) is 3.27. The number of nitrogens with two attached hydrogens (primary N) is 1. The molecule has 0 bridgehead atoms. The summed E-state index contributed by atoms with van der Waals surface area (Å²) in [6.45, 7) is 2.69. The first-order valence-electron chi connectivity index (χ1n) is 7.01. The van der Waals surface area contributed by atoms with Crippen LogP contribution in [0.2, 0.25) is 0 Å². The van der Waals surface area contributed by atoms with Crippen molar-refractivity contribution in [1.29, 1.82) is 0 Å². The molecule has 0 aliphatic carbocycles. The number of fused-ring (bicyclic) bond motifs is 1. The lowest BCUT2D eigenvalue weighted by Crippen LogP contribution is -2.12. The number of benzene rings is 1. The molecule has 0 amide bonds. The van der Waals surface area contributed by atoms with E-state index < -0.39 is 9.84 Å². The summed E-state index contributed by atoms with van der Waals surface area (Å²) >= 11 is 0. The second kappa shape index (κ2) is 7.00. The molecule has 2 N–H and O–H groups in total. The van der Waals surface area contributed by atoms with Gasteiger partial charge in [-0.1, -0.05) is 6.92 Å². The summed E-state index contributed by atoms with van der Waals surface area (Å²) in [5.74, 6) is 2.32. The molecule has 0 unspecified atom stereocenters. The van der Waals surface area contributed by atoms with Crippen LogP contribution in [0.3, 0.4) is 0 Å². The van der Waals surface area contributed by atoms with Gasteiger partial charge in [-0.25, -0.2) is 8.42 Å². The minimum absolute atomic E-state index is 0.139. The molecule has 1 aliphatic heterocycles. The van der Waals surface area contributed by atoms with Crippen LogP contribution in [0.25, 0.3) is 0 Å². The highest BCUT2D eigenvalue weighted by molar-refractivity contribution is 7.91. The fourth-order valence-electron chi connectivity index (χ4n) is 2.06. The fraction of sp³-hybridized carbons (Fsp3) is 0.571. The Morgan fingerprint density at radius 1 is 1.29 bits per heavy atom. The van der Waals surface area contributed by atoms with E-state index in [1.54, 1.807) is 13.0 Å². The highest BCUT2D eigenvalue weighted by atomic mass is 32.2. The van der Waals surface area contributed by atoms with E-state index >= 15 is 0 Å². The van der Waals surface area contributed by atoms with Crippen LogP contribution in [0.4, 0.5) is 0 Å².